The summed E-state index contributed by atoms with van der Waals surface area (Å²) in [7, 11) is 2.77. The van der Waals surface area contributed by atoms with Crippen molar-refractivity contribution in [3.8, 4) is 0 Å². The maximum Gasteiger partial charge on any atom is 0.353 e. The van der Waals surface area contributed by atoms with Gasteiger partial charge in [-0.05, 0) is 12.1 Å². The normalized spacial score (nSPS) is 10.2. The Morgan fingerprint density at radius 1 is 1.24 bits per heavy atom. The van der Waals surface area contributed by atoms with Gasteiger partial charge in [0.25, 0.3) is 0 Å². The van der Waals surface area contributed by atoms with Gasteiger partial charge in [-0.1, -0.05) is 12.1 Å². The Morgan fingerprint density at radius 3 is 2.64 bits per heavy atom. The minimum Gasteiger partial charge on any atom is -0.465 e. The largest absolute Gasteiger partial charge is 0.465 e. The van der Waals surface area contributed by atoms with Crippen LogP contribution in [-0.2, 0) is 9.47 Å². The molecule has 0 bridgehead atoms. The first-order valence-corrected chi connectivity index (χ1v) is 7.25. The average molecular weight is 347 g/mol. The van der Waals surface area contributed by atoms with Crippen molar-refractivity contribution in [3.05, 3.63) is 46.3 Å². The second-order valence-corrected chi connectivity index (χ2v) is 4.76. The second-order valence-electron chi connectivity index (χ2n) is 4.76. The number of hydrogen-bond donors (Lipinski definition) is 2. The molecule has 132 valence electrons. The lowest BCUT2D eigenvalue weighted by molar-refractivity contribution is -0.383. The van der Waals surface area contributed by atoms with Gasteiger partial charge in [-0.2, -0.15) is 0 Å². The molecule has 10 heteroatoms. The maximum atomic E-state index is 11.8. The lowest BCUT2D eigenvalue weighted by Crippen LogP contribution is -2.13. The third-order valence-electron chi connectivity index (χ3n) is 3.19. The standard InChI is InChI=1S/C15H17N5O5/c1-24-8-7-16-13-12(20(22)23)14(18-9-17-13)19-11-6-4-3-5-10(11)15(21)25-2/h3-6,9H,7-8H2,1-2H3,(H2,16,17,18,19). The molecule has 1 aromatic heterocycles. The van der Waals surface area contributed by atoms with Crippen LogP contribution in [-0.4, -0.2) is 48.2 Å². The van der Waals surface area contributed by atoms with Crippen molar-refractivity contribution in [2.45, 2.75) is 0 Å². The van der Waals surface area contributed by atoms with Gasteiger partial charge in [0.2, 0.25) is 11.6 Å². The van der Waals surface area contributed by atoms with Gasteiger partial charge >= 0.3 is 11.7 Å². The molecule has 0 unspecified atom stereocenters. The quantitative estimate of drug-likeness (QED) is 0.318. The molecule has 0 fully saturated rings. The van der Waals surface area contributed by atoms with Crippen LogP contribution in [0.25, 0.3) is 0 Å². The van der Waals surface area contributed by atoms with Crippen molar-refractivity contribution >= 4 is 29.0 Å². The van der Waals surface area contributed by atoms with Crippen molar-refractivity contribution < 1.29 is 19.2 Å². The minimum absolute atomic E-state index is 0.0451. The summed E-state index contributed by atoms with van der Waals surface area (Å²) in [6.45, 7) is 0.696. The third kappa shape index (κ3) is 4.38. The van der Waals surface area contributed by atoms with E-state index in [-0.39, 0.29) is 22.9 Å². The van der Waals surface area contributed by atoms with Crippen LogP contribution in [0.1, 0.15) is 10.4 Å². The first-order chi connectivity index (χ1) is 12.1. The van der Waals surface area contributed by atoms with Gasteiger partial charge in [0, 0.05) is 13.7 Å². The van der Waals surface area contributed by atoms with Crippen LogP contribution in [0, 0.1) is 10.1 Å². The predicted octanol–water partition coefficient (Wildman–Crippen LogP) is 1.97. The van der Waals surface area contributed by atoms with Crippen molar-refractivity contribution in [1.29, 1.82) is 0 Å². The number of ether oxygens (including phenoxy) is 2. The van der Waals surface area contributed by atoms with E-state index < -0.39 is 10.9 Å². The molecule has 0 saturated carbocycles. The number of carbonyl (C=O) groups excluding carboxylic acids is 1. The summed E-state index contributed by atoms with van der Waals surface area (Å²) in [4.78, 5) is 30.5. The number of para-hydroxylation sites is 1. The molecule has 2 rings (SSSR count). The number of carbonyl (C=O) groups is 1. The molecule has 2 aromatic rings. The van der Waals surface area contributed by atoms with E-state index >= 15 is 0 Å². The number of hydrogen-bond acceptors (Lipinski definition) is 9. The Hall–Kier alpha value is -3.27. The van der Waals surface area contributed by atoms with E-state index in [0.717, 1.165) is 0 Å². The van der Waals surface area contributed by atoms with Crippen molar-refractivity contribution in [3.63, 3.8) is 0 Å². The number of rotatable bonds is 8. The number of benzene rings is 1. The first kappa shape index (κ1) is 18.1. The Bertz CT molecular complexity index is 768. The fourth-order valence-corrected chi connectivity index (χ4v) is 2.05. The van der Waals surface area contributed by atoms with E-state index in [2.05, 4.69) is 20.6 Å². The molecule has 0 radical (unpaired) electrons. The Labute approximate surface area is 143 Å². The monoisotopic (exact) mass is 347 g/mol. The van der Waals surface area contributed by atoms with Crippen LogP contribution < -0.4 is 10.6 Å². The number of anilines is 3. The van der Waals surface area contributed by atoms with E-state index in [1.807, 2.05) is 0 Å². The zero-order chi connectivity index (χ0) is 18.2. The smallest absolute Gasteiger partial charge is 0.353 e. The summed E-state index contributed by atoms with van der Waals surface area (Å²) in [5, 5.41) is 17.1. The molecule has 2 N–H and O–H groups in total. The van der Waals surface area contributed by atoms with Crippen LogP contribution >= 0.6 is 0 Å². The van der Waals surface area contributed by atoms with Crippen LogP contribution in [0.15, 0.2) is 30.6 Å². The van der Waals surface area contributed by atoms with Gasteiger partial charge in [0.05, 0.1) is 29.9 Å². The summed E-state index contributed by atoms with van der Waals surface area (Å²) in [6.07, 6.45) is 1.19. The highest BCUT2D eigenvalue weighted by molar-refractivity contribution is 5.96. The molecule has 0 atom stereocenters. The van der Waals surface area contributed by atoms with Gasteiger partial charge < -0.3 is 20.1 Å². The lowest BCUT2D eigenvalue weighted by Gasteiger charge is -2.12. The van der Waals surface area contributed by atoms with Crippen LogP contribution in [0.2, 0.25) is 0 Å². The van der Waals surface area contributed by atoms with E-state index in [0.29, 0.717) is 18.8 Å². The van der Waals surface area contributed by atoms with E-state index in [1.54, 1.807) is 24.3 Å². The molecule has 0 amide bonds. The molecular formula is C15H17N5O5. The summed E-state index contributed by atoms with van der Waals surface area (Å²) < 4.78 is 9.61. The first-order valence-electron chi connectivity index (χ1n) is 7.25. The highest BCUT2D eigenvalue weighted by Crippen LogP contribution is 2.32. The van der Waals surface area contributed by atoms with E-state index in [9.17, 15) is 14.9 Å². The fraction of sp³-hybridized carbons (Fsp3) is 0.267. The highest BCUT2D eigenvalue weighted by atomic mass is 16.6. The van der Waals surface area contributed by atoms with Crippen molar-refractivity contribution in [2.24, 2.45) is 0 Å². The third-order valence-corrected chi connectivity index (χ3v) is 3.19. The second kappa shape index (κ2) is 8.55. The number of nitrogens with zero attached hydrogens (tertiary/aromatic N) is 3. The van der Waals surface area contributed by atoms with E-state index in [1.165, 1.54) is 20.5 Å². The molecule has 0 aliphatic heterocycles. The summed E-state index contributed by atoms with van der Waals surface area (Å²) >= 11 is 0. The SMILES string of the molecule is COCCNc1ncnc(Nc2ccccc2C(=O)OC)c1[N+](=O)[O-]. The maximum absolute atomic E-state index is 11.8. The lowest BCUT2D eigenvalue weighted by atomic mass is 10.2. The number of nitrogens with one attached hydrogen (secondary N) is 2. The minimum atomic E-state index is -0.599. The molecule has 0 spiro atoms. The Balaban J connectivity index is 2.38. The zero-order valence-electron chi connectivity index (χ0n) is 13.7. The number of nitro groups is 1. The van der Waals surface area contributed by atoms with Gasteiger partial charge in [0.1, 0.15) is 6.33 Å². The summed E-state index contributed by atoms with van der Waals surface area (Å²) in [6, 6.07) is 6.47. The molecule has 0 aliphatic carbocycles. The molecular weight excluding hydrogens is 330 g/mol. The summed E-state index contributed by atoms with van der Waals surface area (Å²) in [5.41, 5.74) is 0.226. The fourth-order valence-electron chi connectivity index (χ4n) is 2.05. The van der Waals surface area contributed by atoms with Gasteiger partial charge in [-0.3, -0.25) is 10.1 Å². The number of methoxy groups -OCH3 is 2. The van der Waals surface area contributed by atoms with Crippen LogP contribution in [0.4, 0.5) is 23.0 Å². The van der Waals surface area contributed by atoms with E-state index in [4.69, 9.17) is 9.47 Å². The van der Waals surface area contributed by atoms with Gasteiger partial charge in [-0.25, -0.2) is 14.8 Å². The Morgan fingerprint density at radius 2 is 1.96 bits per heavy atom. The van der Waals surface area contributed by atoms with Crippen molar-refractivity contribution in [2.75, 3.05) is 38.0 Å². The highest BCUT2D eigenvalue weighted by Gasteiger charge is 2.24. The van der Waals surface area contributed by atoms with Crippen LogP contribution in [0.3, 0.4) is 0 Å². The molecule has 0 aliphatic rings. The topological polar surface area (TPSA) is 129 Å². The molecule has 10 nitrogen and oxygen atoms in total. The van der Waals surface area contributed by atoms with Crippen LogP contribution in [0.5, 0.6) is 0 Å². The number of esters is 1. The zero-order valence-corrected chi connectivity index (χ0v) is 13.7. The predicted molar refractivity (Wildman–Crippen MR) is 90.1 cm³/mol. The number of aromatic nitrogens is 2. The Kier molecular flexibility index (Phi) is 6.18. The summed E-state index contributed by atoms with van der Waals surface area (Å²) in [5.74, 6) is -0.565. The molecule has 1 aromatic carbocycles. The van der Waals surface area contributed by atoms with Gasteiger partial charge in [-0.15, -0.1) is 0 Å². The molecule has 25 heavy (non-hydrogen) atoms. The average Bonchev–Trinajstić information content (AvgIpc) is 2.61. The molecule has 1 heterocycles. The van der Waals surface area contributed by atoms with Crippen molar-refractivity contribution in [1.82, 2.24) is 9.97 Å². The van der Waals surface area contributed by atoms with Gasteiger partial charge in [0.15, 0.2) is 0 Å². The molecule has 0 saturated heterocycles.